The minimum Gasteiger partial charge on any atom is -0.382 e. The molecule has 3 aromatic rings. The molecule has 190 valence electrons. The maximum Gasteiger partial charge on any atom is 0.243 e. The van der Waals surface area contributed by atoms with Crippen molar-refractivity contribution in [2.24, 2.45) is 4.99 Å². The molecule has 9 nitrogen and oxygen atoms in total. The Hall–Kier alpha value is -3.63. The third-order valence-electron chi connectivity index (χ3n) is 7.03. The number of nitrogens with one attached hydrogen (secondary N) is 1. The minimum atomic E-state index is -1.23. The van der Waals surface area contributed by atoms with Gasteiger partial charge in [-0.25, -0.2) is 13.9 Å². The highest BCUT2D eigenvalue weighted by Gasteiger charge is 2.31. The van der Waals surface area contributed by atoms with Crippen molar-refractivity contribution in [3.8, 4) is 11.3 Å². The predicted molar refractivity (Wildman–Crippen MR) is 135 cm³/mol. The van der Waals surface area contributed by atoms with Crippen molar-refractivity contribution >= 4 is 34.6 Å². The highest BCUT2D eigenvalue weighted by atomic mass is 19.1. The molecule has 5 rings (SSSR count). The predicted octanol–water partition coefficient (Wildman–Crippen LogP) is 4.07. The van der Waals surface area contributed by atoms with Crippen molar-refractivity contribution in [2.45, 2.75) is 57.7 Å². The van der Waals surface area contributed by atoms with Gasteiger partial charge in [-0.3, -0.25) is 14.2 Å². The molecule has 3 atom stereocenters. The van der Waals surface area contributed by atoms with E-state index in [2.05, 4.69) is 20.4 Å². The Morgan fingerprint density at radius 1 is 1.25 bits per heavy atom. The third-order valence-corrected chi connectivity index (χ3v) is 7.03. The number of pyridine rings is 1. The molecule has 0 spiro atoms. The fourth-order valence-electron chi connectivity index (χ4n) is 5.06. The molecule has 11 heteroatoms. The number of hydrogen-bond donors (Lipinski definition) is 2. The third kappa shape index (κ3) is 4.49. The van der Waals surface area contributed by atoms with Crippen LogP contribution in [0.3, 0.4) is 0 Å². The molecule has 0 radical (unpaired) electrons. The number of halogens is 2. The quantitative estimate of drug-likeness (QED) is 0.477. The van der Waals surface area contributed by atoms with Crippen LogP contribution in [0.4, 0.5) is 26.2 Å². The summed E-state index contributed by atoms with van der Waals surface area (Å²) in [5, 5.41) is 7.54. The number of likely N-dealkylation sites (tertiary alicyclic amines) is 1. The first kappa shape index (κ1) is 24.1. The first-order valence-electron chi connectivity index (χ1n) is 12.3. The van der Waals surface area contributed by atoms with Crippen LogP contribution in [0, 0.1) is 0 Å². The van der Waals surface area contributed by atoms with Crippen LogP contribution in [0.1, 0.15) is 51.1 Å². The van der Waals surface area contributed by atoms with Crippen molar-refractivity contribution in [2.75, 3.05) is 30.8 Å². The zero-order valence-electron chi connectivity index (χ0n) is 20.4. The second-order valence-electron chi connectivity index (χ2n) is 9.46. The molecule has 1 fully saturated rings. The Bertz CT molecular complexity index is 1320. The number of carbonyl (C=O) groups is 1. The fraction of sp³-hybridized carbons (Fsp3) is 0.480. The molecule has 0 aromatic carbocycles. The highest BCUT2D eigenvalue weighted by molar-refractivity contribution is 5.96. The number of aromatic nitrogens is 4. The highest BCUT2D eigenvalue weighted by Crippen LogP contribution is 2.39. The number of unbranched alkanes of at least 4 members (excludes halogenated alkanes) is 1. The molecule has 0 saturated carbocycles. The molecule has 2 aliphatic rings. The number of fused-ring (bicyclic) bond motifs is 2. The van der Waals surface area contributed by atoms with E-state index in [-0.39, 0.29) is 36.8 Å². The summed E-state index contributed by atoms with van der Waals surface area (Å²) in [6.07, 6.45) is 3.11. The largest absolute Gasteiger partial charge is 0.382 e. The lowest BCUT2D eigenvalue weighted by atomic mass is 9.95. The lowest BCUT2D eigenvalue weighted by Gasteiger charge is -2.34. The Labute approximate surface area is 207 Å². The van der Waals surface area contributed by atoms with Gasteiger partial charge >= 0.3 is 0 Å². The smallest absolute Gasteiger partial charge is 0.243 e. The number of nitrogens with zero attached hydrogens (tertiary/aromatic N) is 6. The Balaban J connectivity index is 1.39. The number of piperidine rings is 1. The summed E-state index contributed by atoms with van der Waals surface area (Å²) >= 11 is 0. The van der Waals surface area contributed by atoms with Gasteiger partial charge in [0.2, 0.25) is 11.9 Å². The van der Waals surface area contributed by atoms with Gasteiger partial charge in [0.1, 0.15) is 11.7 Å². The molecule has 5 heterocycles. The molecule has 1 saturated heterocycles. The van der Waals surface area contributed by atoms with Crippen molar-refractivity contribution < 1.29 is 13.6 Å². The van der Waals surface area contributed by atoms with Crippen molar-refractivity contribution in [3.63, 3.8) is 0 Å². The van der Waals surface area contributed by atoms with Crippen LogP contribution in [-0.2, 0) is 4.79 Å². The Kier molecular flexibility index (Phi) is 6.55. The van der Waals surface area contributed by atoms with Gasteiger partial charge < -0.3 is 16.0 Å². The number of hydrogen-bond acceptors (Lipinski definition) is 7. The van der Waals surface area contributed by atoms with E-state index >= 15 is 0 Å². The van der Waals surface area contributed by atoms with E-state index in [0.29, 0.717) is 24.9 Å². The normalized spacial score (nSPS) is 21.5. The molecule has 36 heavy (non-hydrogen) atoms. The van der Waals surface area contributed by atoms with Gasteiger partial charge in [-0.05, 0) is 50.8 Å². The molecule has 0 bridgehead atoms. The number of rotatable bonds is 7. The standard InChI is InChI=1S/C25H30F2N8O/c1-14-16(5-3-4-10-26)22-21(29-14)7-6-19(30-22)17-8-12-35-23(17)24(28)32-25(33-35)31-20-9-11-34(15(2)36)13-18(20)27/h6-8,12,16,18,20H,3-5,9-11,13H2,1-2H3,(H3,28,31,32,33)/t16?,18-,20+/m1/s1. The van der Waals surface area contributed by atoms with Gasteiger partial charge in [0.25, 0.3) is 0 Å². The van der Waals surface area contributed by atoms with Crippen LogP contribution in [0.2, 0.25) is 0 Å². The van der Waals surface area contributed by atoms with Crippen LogP contribution in [0.15, 0.2) is 29.4 Å². The zero-order valence-corrected chi connectivity index (χ0v) is 20.4. The first-order chi connectivity index (χ1) is 17.4. The van der Waals surface area contributed by atoms with Crippen LogP contribution < -0.4 is 11.1 Å². The zero-order chi connectivity index (χ0) is 25.4. The Morgan fingerprint density at radius 3 is 2.83 bits per heavy atom. The maximum absolute atomic E-state index is 14.7. The number of nitrogen functional groups attached to an aromatic ring is 1. The van der Waals surface area contributed by atoms with Crippen LogP contribution >= 0.6 is 0 Å². The van der Waals surface area contributed by atoms with Crippen LogP contribution in [0.25, 0.3) is 16.8 Å². The molecular weight excluding hydrogens is 466 g/mol. The van der Waals surface area contributed by atoms with E-state index in [1.54, 1.807) is 10.7 Å². The molecular formula is C25H30F2N8O. The maximum atomic E-state index is 14.7. The number of aliphatic imine (C=N–C) groups is 1. The number of nitrogens with two attached hydrogens (primary N) is 1. The molecule has 1 amide bonds. The second-order valence-corrected chi connectivity index (χ2v) is 9.46. The number of amides is 1. The van der Waals surface area contributed by atoms with E-state index in [0.717, 1.165) is 41.2 Å². The monoisotopic (exact) mass is 496 g/mol. The van der Waals surface area contributed by atoms with Gasteiger partial charge in [-0.15, -0.1) is 5.10 Å². The van der Waals surface area contributed by atoms with Gasteiger partial charge in [0.05, 0.1) is 36.3 Å². The average molecular weight is 497 g/mol. The lowest BCUT2D eigenvalue weighted by molar-refractivity contribution is -0.131. The number of anilines is 2. The molecule has 2 aliphatic heterocycles. The van der Waals surface area contributed by atoms with E-state index in [9.17, 15) is 13.6 Å². The summed E-state index contributed by atoms with van der Waals surface area (Å²) in [6, 6.07) is 5.21. The lowest BCUT2D eigenvalue weighted by Crippen LogP contribution is -2.49. The van der Waals surface area contributed by atoms with E-state index < -0.39 is 12.2 Å². The van der Waals surface area contributed by atoms with Crippen molar-refractivity contribution in [1.29, 1.82) is 0 Å². The number of alkyl halides is 2. The van der Waals surface area contributed by atoms with Gasteiger partial charge in [-0.2, -0.15) is 4.98 Å². The fourth-order valence-corrected chi connectivity index (χ4v) is 5.06. The van der Waals surface area contributed by atoms with E-state index in [4.69, 9.17) is 10.7 Å². The van der Waals surface area contributed by atoms with E-state index in [1.165, 1.54) is 11.8 Å². The van der Waals surface area contributed by atoms with Gasteiger partial charge in [0.15, 0.2) is 5.82 Å². The van der Waals surface area contributed by atoms with Crippen molar-refractivity contribution in [1.82, 2.24) is 24.5 Å². The van der Waals surface area contributed by atoms with Gasteiger partial charge in [-0.1, -0.05) is 0 Å². The average Bonchev–Trinajstić information content (AvgIpc) is 3.41. The summed E-state index contributed by atoms with van der Waals surface area (Å²) in [7, 11) is 0. The van der Waals surface area contributed by atoms with Crippen molar-refractivity contribution in [3.05, 3.63) is 30.1 Å². The molecule has 0 aliphatic carbocycles. The minimum absolute atomic E-state index is 0.0420. The summed E-state index contributed by atoms with van der Waals surface area (Å²) in [6.45, 7) is 3.63. The Morgan fingerprint density at radius 2 is 2.08 bits per heavy atom. The van der Waals surface area contributed by atoms with Gasteiger partial charge in [0, 0.05) is 36.9 Å². The second kappa shape index (κ2) is 9.79. The summed E-state index contributed by atoms with van der Waals surface area (Å²) in [4.78, 5) is 27.0. The molecule has 1 unspecified atom stereocenters. The number of carbonyl (C=O) groups excluding carboxylic acids is 1. The topological polar surface area (TPSA) is 114 Å². The molecule has 3 N–H and O–H groups in total. The van der Waals surface area contributed by atoms with Crippen LogP contribution in [0.5, 0.6) is 0 Å². The first-order valence-corrected chi connectivity index (χ1v) is 12.3. The van der Waals surface area contributed by atoms with E-state index in [1.807, 2.05) is 25.1 Å². The summed E-state index contributed by atoms with van der Waals surface area (Å²) in [5.74, 6) is 0.418. The summed E-state index contributed by atoms with van der Waals surface area (Å²) < 4.78 is 28.9. The summed E-state index contributed by atoms with van der Waals surface area (Å²) in [5.41, 5.74) is 11.2. The van der Waals surface area contributed by atoms with Crippen LogP contribution in [-0.4, -0.2) is 68.1 Å². The molecule has 3 aromatic heterocycles. The SMILES string of the molecule is CC(=O)N1CC[C@H](Nc2nc(N)c3c(-c4ccc5c(n4)C(CCCCF)C(C)=N5)ccn3n2)[C@H](F)C1.